The van der Waals surface area contributed by atoms with Gasteiger partial charge in [-0.3, -0.25) is 19.5 Å². The molecule has 35 heavy (non-hydrogen) atoms. The summed E-state index contributed by atoms with van der Waals surface area (Å²) in [5, 5.41) is 10.1. The monoisotopic (exact) mass is 471 g/mol. The van der Waals surface area contributed by atoms with Crippen molar-refractivity contribution in [3.05, 3.63) is 90.4 Å². The molecule has 3 N–H and O–H groups in total. The number of carbonyl (C=O) groups excluding carboxylic acids is 2. The second-order valence-electron chi connectivity index (χ2n) is 8.48. The number of halogens is 1. The first-order valence-electron chi connectivity index (χ1n) is 11.1. The number of aromatic nitrogens is 1. The average molecular weight is 471 g/mol. The number of hydrogen-bond donors (Lipinski definition) is 2. The molecular weight excluding hydrogens is 449 g/mol. The number of anilines is 2. The van der Waals surface area contributed by atoms with Gasteiger partial charge in [-0.2, -0.15) is 0 Å². The fourth-order valence-corrected chi connectivity index (χ4v) is 4.02. The molecule has 0 atom stereocenters. The first-order valence-corrected chi connectivity index (χ1v) is 11.1. The molecule has 1 aliphatic rings. The van der Waals surface area contributed by atoms with E-state index >= 15 is 0 Å². The van der Waals surface area contributed by atoms with Gasteiger partial charge < -0.3 is 15.6 Å². The lowest BCUT2D eigenvalue weighted by atomic mass is 10.0. The highest BCUT2D eigenvalue weighted by atomic mass is 19.1. The standard InChI is InChI=1S/C27H22FN3O4/c28-18-2-4-19(5-3-18)31(26(34)27(12-13-27)25(29)33)20-6-8-21(9-7-20)35-24-11-14-30-23-15-17(16-32)1-10-22(23)24/h1-11,14-15,32H,12-13,16H2,(H2,29,33). The van der Waals surface area contributed by atoms with Crippen molar-refractivity contribution >= 4 is 34.1 Å². The second kappa shape index (κ2) is 8.81. The Hall–Kier alpha value is -4.30. The van der Waals surface area contributed by atoms with Gasteiger partial charge in [0.15, 0.2) is 0 Å². The Labute approximate surface area is 200 Å². The number of ether oxygens (including phenoxy) is 1. The number of aliphatic hydroxyl groups excluding tert-OH is 1. The normalized spacial score (nSPS) is 13.9. The summed E-state index contributed by atoms with van der Waals surface area (Å²) in [7, 11) is 0. The lowest BCUT2D eigenvalue weighted by molar-refractivity contribution is -0.133. The van der Waals surface area contributed by atoms with E-state index in [0.717, 1.165) is 10.9 Å². The van der Waals surface area contributed by atoms with Crippen LogP contribution in [-0.4, -0.2) is 21.9 Å². The van der Waals surface area contributed by atoms with Crippen LogP contribution in [0.25, 0.3) is 10.9 Å². The molecule has 0 aliphatic heterocycles. The Balaban J connectivity index is 1.46. The molecule has 3 aromatic carbocycles. The lowest BCUT2D eigenvalue weighted by Crippen LogP contribution is -2.41. The van der Waals surface area contributed by atoms with Crippen molar-refractivity contribution < 1.29 is 23.8 Å². The van der Waals surface area contributed by atoms with Gasteiger partial charge in [0.2, 0.25) is 11.8 Å². The van der Waals surface area contributed by atoms with Gasteiger partial charge >= 0.3 is 0 Å². The van der Waals surface area contributed by atoms with Gasteiger partial charge in [0.1, 0.15) is 22.7 Å². The van der Waals surface area contributed by atoms with Gasteiger partial charge in [-0.25, -0.2) is 4.39 Å². The third-order valence-corrected chi connectivity index (χ3v) is 6.19. The molecule has 0 bridgehead atoms. The van der Waals surface area contributed by atoms with Crippen LogP contribution in [0.5, 0.6) is 11.5 Å². The summed E-state index contributed by atoms with van der Waals surface area (Å²) in [6.45, 7) is -0.0789. The minimum Gasteiger partial charge on any atom is -0.457 e. The van der Waals surface area contributed by atoms with Crippen LogP contribution >= 0.6 is 0 Å². The van der Waals surface area contributed by atoms with E-state index in [0.29, 0.717) is 41.2 Å². The summed E-state index contributed by atoms with van der Waals surface area (Å²) in [5.74, 6) is -0.426. The molecule has 4 aromatic rings. The molecule has 176 valence electrons. The van der Waals surface area contributed by atoms with Crippen LogP contribution in [-0.2, 0) is 16.2 Å². The zero-order valence-corrected chi connectivity index (χ0v) is 18.6. The maximum absolute atomic E-state index is 13.5. The molecule has 1 heterocycles. The summed E-state index contributed by atoms with van der Waals surface area (Å²) < 4.78 is 19.6. The van der Waals surface area contributed by atoms with Crippen LogP contribution < -0.4 is 15.4 Å². The molecule has 0 saturated heterocycles. The molecule has 8 heteroatoms. The maximum atomic E-state index is 13.5. The molecule has 0 unspecified atom stereocenters. The van der Waals surface area contributed by atoms with E-state index in [-0.39, 0.29) is 6.61 Å². The third kappa shape index (κ3) is 4.20. The molecule has 0 radical (unpaired) electrons. The molecular formula is C27H22FN3O4. The van der Waals surface area contributed by atoms with Crippen molar-refractivity contribution in [3.63, 3.8) is 0 Å². The minimum atomic E-state index is -1.24. The van der Waals surface area contributed by atoms with E-state index in [2.05, 4.69) is 4.98 Å². The van der Waals surface area contributed by atoms with Gasteiger partial charge in [-0.15, -0.1) is 0 Å². The fraction of sp³-hybridized carbons (Fsp3) is 0.148. The van der Waals surface area contributed by atoms with E-state index < -0.39 is 23.0 Å². The summed E-state index contributed by atoms with van der Waals surface area (Å²) >= 11 is 0. The molecule has 1 saturated carbocycles. The van der Waals surface area contributed by atoms with Gasteiger partial charge in [-0.1, -0.05) is 6.07 Å². The highest BCUT2D eigenvalue weighted by Crippen LogP contribution is 2.49. The Kier molecular flexibility index (Phi) is 5.66. The van der Waals surface area contributed by atoms with E-state index in [1.807, 2.05) is 6.07 Å². The molecule has 1 aromatic heterocycles. The predicted molar refractivity (Wildman–Crippen MR) is 129 cm³/mol. The van der Waals surface area contributed by atoms with Crippen LogP contribution in [0, 0.1) is 11.2 Å². The molecule has 1 aliphatic carbocycles. The lowest BCUT2D eigenvalue weighted by Gasteiger charge is -2.26. The van der Waals surface area contributed by atoms with E-state index in [4.69, 9.17) is 10.5 Å². The van der Waals surface area contributed by atoms with Gasteiger partial charge in [0.05, 0.1) is 12.1 Å². The number of benzene rings is 3. The second-order valence-corrected chi connectivity index (χ2v) is 8.48. The molecule has 7 nitrogen and oxygen atoms in total. The van der Waals surface area contributed by atoms with Crippen molar-refractivity contribution in [2.45, 2.75) is 19.4 Å². The van der Waals surface area contributed by atoms with Crippen LogP contribution in [0.1, 0.15) is 18.4 Å². The highest BCUT2D eigenvalue weighted by molar-refractivity contribution is 6.16. The van der Waals surface area contributed by atoms with Crippen molar-refractivity contribution in [3.8, 4) is 11.5 Å². The third-order valence-electron chi connectivity index (χ3n) is 6.19. The number of nitrogens with two attached hydrogens (primary N) is 1. The zero-order valence-electron chi connectivity index (χ0n) is 18.6. The van der Waals surface area contributed by atoms with Crippen LogP contribution in [0.4, 0.5) is 15.8 Å². The number of carbonyl (C=O) groups is 2. The number of amides is 2. The quantitative estimate of drug-likeness (QED) is 0.384. The number of pyridine rings is 1. The molecule has 5 rings (SSSR count). The van der Waals surface area contributed by atoms with Gasteiger partial charge in [0, 0.05) is 23.0 Å². The number of aliphatic hydroxyl groups is 1. The van der Waals surface area contributed by atoms with Gasteiger partial charge in [0.25, 0.3) is 0 Å². The van der Waals surface area contributed by atoms with Crippen LogP contribution in [0.3, 0.4) is 0 Å². The minimum absolute atomic E-state index is 0.0789. The first kappa shape index (κ1) is 22.5. The predicted octanol–water partition coefficient (Wildman–Crippen LogP) is 4.59. The number of rotatable bonds is 7. The Bertz CT molecular complexity index is 1420. The maximum Gasteiger partial charge on any atom is 0.247 e. The number of fused-ring (bicyclic) bond motifs is 1. The Morgan fingerprint density at radius 3 is 2.26 bits per heavy atom. The largest absolute Gasteiger partial charge is 0.457 e. The van der Waals surface area contributed by atoms with E-state index in [9.17, 15) is 19.1 Å². The summed E-state index contributed by atoms with van der Waals surface area (Å²) in [6, 6.07) is 19.5. The van der Waals surface area contributed by atoms with E-state index in [1.165, 1.54) is 29.2 Å². The SMILES string of the molecule is NC(=O)C1(C(=O)N(c2ccc(F)cc2)c2ccc(Oc3ccnc4cc(CO)ccc34)cc2)CC1. The van der Waals surface area contributed by atoms with Crippen molar-refractivity contribution in [2.24, 2.45) is 11.1 Å². The van der Waals surface area contributed by atoms with Gasteiger partial charge in [-0.05, 0) is 85.1 Å². The number of primary amides is 1. The van der Waals surface area contributed by atoms with E-state index in [1.54, 1.807) is 48.7 Å². The zero-order chi connectivity index (χ0) is 24.6. The highest BCUT2D eigenvalue weighted by Gasteiger charge is 2.57. The van der Waals surface area contributed by atoms with Crippen LogP contribution in [0.15, 0.2) is 79.0 Å². The van der Waals surface area contributed by atoms with Crippen molar-refractivity contribution in [2.75, 3.05) is 4.90 Å². The van der Waals surface area contributed by atoms with Crippen molar-refractivity contribution in [1.82, 2.24) is 4.98 Å². The molecule has 2 amide bonds. The van der Waals surface area contributed by atoms with Crippen molar-refractivity contribution in [1.29, 1.82) is 0 Å². The number of nitrogens with zero attached hydrogens (tertiary/aromatic N) is 2. The summed E-state index contributed by atoms with van der Waals surface area (Å²) in [5.41, 5.74) is 6.66. The molecule has 0 spiro atoms. The molecule has 1 fully saturated rings. The summed E-state index contributed by atoms with van der Waals surface area (Å²) in [4.78, 5) is 31.2. The van der Waals surface area contributed by atoms with Crippen LogP contribution in [0.2, 0.25) is 0 Å². The summed E-state index contributed by atoms with van der Waals surface area (Å²) in [6.07, 6.45) is 2.39. The number of hydrogen-bond acceptors (Lipinski definition) is 5. The topological polar surface area (TPSA) is 106 Å². The average Bonchev–Trinajstić information content (AvgIpc) is 3.69. The Morgan fingerprint density at radius 1 is 1.00 bits per heavy atom. The Morgan fingerprint density at radius 2 is 1.66 bits per heavy atom. The first-order chi connectivity index (χ1) is 16.9. The smallest absolute Gasteiger partial charge is 0.247 e. The fourth-order valence-electron chi connectivity index (χ4n) is 4.02.